The summed E-state index contributed by atoms with van der Waals surface area (Å²) < 4.78 is 0. The molecule has 0 saturated carbocycles. The Kier molecular flexibility index (Phi) is 4.03. The third kappa shape index (κ3) is 3.46. The summed E-state index contributed by atoms with van der Waals surface area (Å²) in [6, 6.07) is 8.77. The summed E-state index contributed by atoms with van der Waals surface area (Å²) >= 11 is 0. The third-order valence-electron chi connectivity index (χ3n) is 3.24. The zero-order valence-corrected chi connectivity index (χ0v) is 11.0. The molecule has 19 heavy (non-hydrogen) atoms. The Bertz CT molecular complexity index is 481. The van der Waals surface area contributed by atoms with E-state index in [9.17, 15) is 4.79 Å². The predicted molar refractivity (Wildman–Crippen MR) is 73.5 cm³/mol. The molecular formula is C14H18N4O. The van der Waals surface area contributed by atoms with Crippen molar-refractivity contribution in [2.75, 3.05) is 18.4 Å². The van der Waals surface area contributed by atoms with E-state index in [1.54, 1.807) is 29.2 Å². The van der Waals surface area contributed by atoms with Crippen molar-refractivity contribution in [2.45, 2.75) is 19.4 Å². The molecule has 2 amide bonds. The zero-order chi connectivity index (χ0) is 13.8. The number of nitriles is 1. The number of likely N-dealkylation sites (tertiary alicyclic amines) is 1. The van der Waals surface area contributed by atoms with Crippen LogP contribution in [0.15, 0.2) is 24.3 Å². The Hall–Kier alpha value is -2.06. The number of urea groups is 1. The number of carbonyl (C=O) groups is 1. The molecule has 3 N–H and O–H groups in total. The number of anilines is 1. The molecule has 0 aromatic heterocycles. The van der Waals surface area contributed by atoms with Crippen LogP contribution in [0.1, 0.15) is 18.9 Å². The van der Waals surface area contributed by atoms with E-state index in [1.807, 2.05) is 6.07 Å². The van der Waals surface area contributed by atoms with Crippen LogP contribution in [0, 0.1) is 17.2 Å². The molecule has 1 aromatic rings. The van der Waals surface area contributed by atoms with E-state index in [0.717, 1.165) is 13.0 Å². The molecule has 0 radical (unpaired) electrons. The van der Waals surface area contributed by atoms with Crippen molar-refractivity contribution in [3.8, 4) is 6.07 Å². The number of rotatable bonds is 1. The second-order valence-corrected chi connectivity index (χ2v) is 5.13. The number of carbonyl (C=O) groups excluding carboxylic acids is 1. The molecule has 1 aliphatic heterocycles. The summed E-state index contributed by atoms with van der Waals surface area (Å²) in [4.78, 5) is 13.9. The molecule has 2 rings (SSSR count). The molecular weight excluding hydrogens is 240 g/mol. The van der Waals surface area contributed by atoms with Crippen molar-refractivity contribution in [3.63, 3.8) is 0 Å². The van der Waals surface area contributed by atoms with Gasteiger partial charge in [-0.2, -0.15) is 5.26 Å². The Morgan fingerprint density at radius 2 is 2.11 bits per heavy atom. The fourth-order valence-corrected chi connectivity index (χ4v) is 2.40. The van der Waals surface area contributed by atoms with Crippen molar-refractivity contribution < 1.29 is 4.79 Å². The van der Waals surface area contributed by atoms with Crippen LogP contribution < -0.4 is 11.1 Å². The van der Waals surface area contributed by atoms with Gasteiger partial charge in [-0.3, -0.25) is 0 Å². The maximum atomic E-state index is 12.1. The summed E-state index contributed by atoms with van der Waals surface area (Å²) in [5.41, 5.74) is 7.19. The Balaban J connectivity index is 1.98. The Morgan fingerprint density at radius 1 is 1.42 bits per heavy atom. The second kappa shape index (κ2) is 5.72. The quantitative estimate of drug-likeness (QED) is 0.805. The molecule has 0 spiro atoms. The van der Waals surface area contributed by atoms with Crippen LogP contribution in [-0.4, -0.2) is 30.1 Å². The summed E-state index contributed by atoms with van der Waals surface area (Å²) in [6.07, 6.45) is 0.959. The van der Waals surface area contributed by atoms with E-state index < -0.39 is 0 Å². The van der Waals surface area contributed by atoms with Gasteiger partial charge in [-0.25, -0.2) is 4.79 Å². The highest BCUT2D eigenvalue weighted by atomic mass is 16.2. The molecule has 1 aliphatic rings. The summed E-state index contributed by atoms with van der Waals surface area (Å²) in [7, 11) is 0. The molecule has 100 valence electrons. The maximum absolute atomic E-state index is 12.1. The first-order valence-electron chi connectivity index (χ1n) is 6.40. The molecule has 1 aromatic carbocycles. The normalized spacial score (nSPS) is 22.7. The van der Waals surface area contributed by atoms with E-state index >= 15 is 0 Å². The van der Waals surface area contributed by atoms with E-state index in [1.165, 1.54) is 0 Å². The number of piperidine rings is 1. The summed E-state index contributed by atoms with van der Waals surface area (Å²) in [5, 5.41) is 11.5. The van der Waals surface area contributed by atoms with Gasteiger partial charge in [0.1, 0.15) is 0 Å². The van der Waals surface area contributed by atoms with Gasteiger partial charge in [-0.1, -0.05) is 6.92 Å². The number of amides is 2. The lowest BCUT2D eigenvalue weighted by Crippen LogP contribution is -2.50. The Morgan fingerprint density at radius 3 is 2.68 bits per heavy atom. The van der Waals surface area contributed by atoms with Gasteiger partial charge in [-0.15, -0.1) is 0 Å². The van der Waals surface area contributed by atoms with Crippen LogP contribution in [0.25, 0.3) is 0 Å². The molecule has 1 fully saturated rings. The van der Waals surface area contributed by atoms with E-state index in [0.29, 0.717) is 23.7 Å². The number of nitrogens with zero attached hydrogens (tertiary/aromatic N) is 2. The van der Waals surface area contributed by atoms with Crippen molar-refractivity contribution in [1.29, 1.82) is 5.26 Å². The average molecular weight is 258 g/mol. The molecule has 5 nitrogen and oxygen atoms in total. The molecule has 2 atom stereocenters. The number of benzene rings is 1. The van der Waals surface area contributed by atoms with Gasteiger partial charge < -0.3 is 16.0 Å². The maximum Gasteiger partial charge on any atom is 0.321 e. The minimum atomic E-state index is -0.133. The highest BCUT2D eigenvalue weighted by Crippen LogP contribution is 2.16. The second-order valence-electron chi connectivity index (χ2n) is 5.13. The lowest BCUT2D eigenvalue weighted by molar-refractivity contribution is 0.172. The molecule has 1 saturated heterocycles. The van der Waals surface area contributed by atoms with Gasteiger partial charge in [0.25, 0.3) is 0 Å². The number of hydrogen-bond acceptors (Lipinski definition) is 3. The van der Waals surface area contributed by atoms with Crippen LogP contribution >= 0.6 is 0 Å². The van der Waals surface area contributed by atoms with Crippen molar-refractivity contribution in [3.05, 3.63) is 29.8 Å². The van der Waals surface area contributed by atoms with Gasteiger partial charge >= 0.3 is 6.03 Å². The molecule has 0 bridgehead atoms. The van der Waals surface area contributed by atoms with Crippen LogP contribution in [0.2, 0.25) is 0 Å². The number of hydrogen-bond donors (Lipinski definition) is 2. The van der Waals surface area contributed by atoms with Gasteiger partial charge in [0.15, 0.2) is 0 Å². The molecule has 5 heteroatoms. The van der Waals surface area contributed by atoms with Gasteiger partial charge in [-0.05, 0) is 36.6 Å². The summed E-state index contributed by atoms with van der Waals surface area (Å²) in [5.74, 6) is 0.426. The molecule has 2 unspecified atom stereocenters. The molecule has 0 aliphatic carbocycles. The topological polar surface area (TPSA) is 82.2 Å². The minimum Gasteiger partial charge on any atom is -0.326 e. The van der Waals surface area contributed by atoms with Gasteiger partial charge in [0.2, 0.25) is 0 Å². The fourth-order valence-electron chi connectivity index (χ4n) is 2.40. The molecule has 1 heterocycles. The standard InChI is InChI=1S/C14H18N4O/c1-10-6-12(16)9-18(8-10)14(19)17-13-4-2-11(7-15)3-5-13/h2-5,10,12H,6,8-9,16H2,1H3,(H,17,19). The SMILES string of the molecule is CC1CC(N)CN(C(=O)Nc2ccc(C#N)cc2)C1. The summed E-state index contributed by atoms with van der Waals surface area (Å²) in [6.45, 7) is 3.42. The van der Waals surface area contributed by atoms with Crippen LogP contribution in [0.4, 0.5) is 10.5 Å². The highest BCUT2D eigenvalue weighted by Gasteiger charge is 2.25. The van der Waals surface area contributed by atoms with Crippen LogP contribution in [-0.2, 0) is 0 Å². The van der Waals surface area contributed by atoms with E-state index in [-0.39, 0.29) is 12.1 Å². The van der Waals surface area contributed by atoms with Crippen molar-refractivity contribution >= 4 is 11.7 Å². The zero-order valence-electron chi connectivity index (χ0n) is 11.0. The van der Waals surface area contributed by atoms with Crippen molar-refractivity contribution in [2.24, 2.45) is 11.7 Å². The average Bonchev–Trinajstić information content (AvgIpc) is 2.38. The first-order chi connectivity index (χ1) is 9.08. The first-order valence-corrected chi connectivity index (χ1v) is 6.40. The number of nitrogens with one attached hydrogen (secondary N) is 1. The predicted octanol–water partition coefficient (Wildman–Crippen LogP) is 1.76. The highest BCUT2D eigenvalue weighted by molar-refractivity contribution is 5.89. The van der Waals surface area contributed by atoms with Gasteiger partial charge in [0, 0.05) is 24.8 Å². The Labute approximate surface area is 113 Å². The van der Waals surface area contributed by atoms with E-state index in [4.69, 9.17) is 11.0 Å². The third-order valence-corrected chi connectivity index (χ3v) is 3.24. The smallest absolute Gasteiger partial charge is 0.321 e. The van der Waals surface area contributed by atoms with Crippen LogP contribution in [0.5, 0.6) is 0 Å². The minimum absolute atomic E-state index is 0.0514. The lowest BCUT2D eigenvalue weighted by atomic mass is 9.97. The fraction of sp³-hybridized carbons (Fsp3) is 0.429. The largest absolute Gasteiger partial charge is 0.326 e. The first kappa shape index (κ1) is 13.4. The van der Waals surface area contributed by atoms with E-state index in [2.05, 4.69) is 12.2 Å². The lowest BCUT2D eigenvalue weighted by Gasteiger charge is -2.34. The van der Waals surface area contributed by atoms with Gasteiger partial charge in [0.05, 0.1) is 11.6 Å². The van der Waals surface area contributed by atoms with Crippen molar-refractivity contribution in [1.82, 2.24) is 4.90 Å². The monoisotopic (exact) mass is 258 g/mol. The van der Waals surface area contributed by atoms with Crippen LogP contribution in [0.3, 0.4) is 0 Å². The number of nitrogens with two attached hydrogens (primary N) is 1.